The molecule has 0 unspecified atom stereocenters. The zero-order valence-electron chi connectivity index (χ0n) is 18.4. The Labute approximate surface area is 188 Å². The third-order valence-electron chi connectivity index (χ3n) is 6.10. The van der Waals surface area contributed by atoms with Crippen LogP contribution in [0.25, 0.3) is 16.6 Å². The van der Waals surface area contributed by atoms with Crippen molar-refractivity contribution in [3.8, 4) is 11.8 Å². The Hall–Kier alpha value is -3.84. The minimum atomic E-state index is 0.481. The van der Waals surface area contributed by atoms with Crippen molar-refractivity contribution in [2.45, 2.75) is 39.8 Å². The van der Waals surface area contributed by atoms with Crippen LogP contribution < -0.4 is 4.74 Å². The van der Waals surface area contributed by atoms with E-state index in [1.165, 1.54) is 16.6 Å². The third kappa shape index (κ3) is 3.46. The molecule has 0 N–H and O–H groups in total. The topological polar surface area (TPSA) is 50.8 Å². The first kappa shape index (κ1) is 20.1. The Bertz CT molecular complexity index is 1390. The largest absolute Gasteiger partial charge is 0.488 e. The number of ether oxygens (including phenoxy) is 1. The van der Waals surface area contributed by atoms with Crippen LogP contribution in [0, 0.1) is 18.3 Å². The Kier molecular flexibility index (Phi) is 5.25. The van der Waals surface area contributed by atoms with Crippen molar-refractivity contribution in [2.75, 3.05) is 0 Å². The molecule has 0 atom stereocenters. The van der Waals surface area contributed by atoms with E-state index in [1.807, 2.05) is 24.3 Å². The molecule has 0 fully saturated rings. The summed E-state index contributed by atoms with van der Waals surface area (Å²) in [7, 11) is 0. The molecule has 4 aromatic rings. The number of hydrogen-bond acceptors (Lipinski definition) is 3. The van der Waals surface area contributed by atoms with E-state index in [4.69, 9.17) is 9.72 Å². The maximum atomic E-state index is 9.41. The molecule has 32 heavy (non-hydrogen) atoms. The summed E-state index contributed by atoms with van der Waals surface area (Å²) in [6.07, 6.45) is 3.63. The lowest BCUT2D eigenvalue weighted by Crippen LogP contribution is -2.06. The van der Waals surface area contributed by atoms with Gasteiger partial charge in [0.2, 0.25) is 0 Å². The number of nitrogens with zero attached hydrogens (tertiary/aromatic N) is 3. The number of imidazole rings is 1. The maximum absolute atomic E-state index is 9.41. The van der Waals surface area contributed by atoms with Crippen molar-refractivity contribution in [3.63, 3.8) is 0 Å². The van der Waals surface area contributed by atoms with Crippen LogP contribution in [0.4, 0.5) is 0 Å². The molecular formula is C28H25N3O. The van der Waals surface area contributed by atoms with Crippen LogP contribution in [0.3, 0.4) is 0 Å². The van der Waals surface area contributed by atoms with E-state index in [1.54, 1.807) is 6.08 Å². The summed E-state index contributed by atoms with van der Waals surface area (Å²) >= 11 is 0. The zero-order valence-corrected chi connectivity index (χ0v) is 18.4. The highest BCUT2D eigenvalue weighted by Gasteiger charge is 2.20. The molecule has 0 spiro atoms. The van der Waals surface area contributed by atoms with Gasteiger partial charge >= 0.3 is 0 Å². The van der Waals surface area contributed by atoms with Crippen molar-refractivity contribution in [3.05, 3.63) is 100 Å². The minimum absolute atomic E-state index is 0.481. The Morgan fingerprint density at radius 1 is 1.09 bits per heavy atom. The van der Waals surface area contributed by atoms with E-state index >= 15 is 0 Å². The standard InChI is InChI=1S/C28H25N3O/c1-3-7-27-30-28-19(2)8-6-10-25(28)31(27)17-20-12-13-22-21(16-20)18-32-26-11-5-4-9-24(26)23(22)14-15-29/h4-6,8-14,16H,3,7,17-18H2,1-2H3/b23-14+. The quantitative estimate of drug-likeness (QED) is 0.370. The minimum Gasteiger partial charge on any atom is -0.488 e. The third-order valence-corrected chi connectivity index (χ3v) is 6.10. The van der Waals surface area contributed by atoms with Gasteiger partial charge in [0, 0.05) is 30.2 Å². The molecule has 0 bridgehead atoms. The number of hydrogen-bond donors (Lipinski definition) is 0. The smallest absolute Gasteiger partial charge is 0.127 e. The van der Waals surface area contributed by atoms with Crippen molar-refractivity contribution >= 4 is 16.6 Å². The highest BCUT2D eigenvalue weighted by atomic mass is 16.5. The molecule has 0 amide bonds. The van der Waals surface area contributed by atoms with Crippen LogP contribution in [-0.4, -0.2) is 9.55 Å². The molecule has 4 nitrogen and oxygen atoms in total. The fourth-order valence-electron chi connectivity index (χ4n) is 4.57. The monoisotopic (exact) mass is 419 g/mol. The molecule has 1 aromatic heterocycles. The lowest BCUT2D eigenvalue weighted by Gasteiger charge is -2.13. The van der Waals surface area contributed by atoms with Gasteiger partial charge in [-0.2, -0.15) is 5.26 Å². The molecule has 158 valence electrons. The Balaban J connectivity index is 1.58. The van der Waals surface area contributed by atoms with Crippen molar-refractivity contribution in [1.82, 2.24) is 9.55 Å². The number of aromatic nitrogens is 2. The second-order valence-corrected chi connectivity index (χ2v) is 8.27. The number of nitriles is 1. The van der Waals surface area contributed by atoms with Gasteiger partial charge in [-0.15, -0.1) is 0 Å². The predicted octanol–water partition coefficient (Wildman–Crippen LogP) is 6.19. The molecule has 0 aliphatic carbocycles. The van der Waals surface area contributed by atoms with Gasteiger partial charge in [0.05, 0.1) is 17.1 Å². The van der Waals surface area contributed by atoms with E-state index < -0.39 is 0 Å². The van der Waals surface area contributed by atoms with Crippen LogP contribution >= 0.6 is 0 Å². The molecule has 0 saturated carbocycles. The molecule has 0 saturated heterocycles. The van der Waals surface area contributed by atoms with Gasteiger partial charge in [-0.1, -0.05) is 49.4 Å². The summed E-state index contributed by atoms with van der Waals surface area (Å²) in [5.41, 5.74) is 8.70. The first-order chi connectivity index (χ1) is 15.7. The number of fused-ring (bicyclic) bond motifs is 3. The number of benzene rings is 3. The van der Waals surface area contributed by atoms with E-state index in [0.29, 0.717) is 6.61 Å². The summed E-state index contributed by atoms with van der Waals surface area (Å²) in [5, 5.41) is 9.41. The fraction of sp³-hybridized carbons (Fsp3) is 0.214. The predicted molar refractivity (Wildman–Crippen MR) is 127 cm³/mol. The van der Waals surface area contributed by atoms with Gasteiger partial charge in [-0.3, -0.25) is 0 Å². The average molecular weight is 420 g/mol. The Morgan fingerprint density at radius 2 is 1.97 bits per heavy atom. The number of para-hydroxylation sites is 2. The summed E-state index contributed by atoms with van der Waals surface area (Å²) in [6, 6.07) is 23.0. The SMILES string of the molecule is CCCc1nc2c(C)cccc2n1Cc1ccc2c(c1)COc1ccccc1/C2=C/C#N. The zero-order chi connectivity index (χ0) is 22.1. The molecule has 2 heterocycles. The van der Waals surface area contributed by atoms with Gasteiger partial charge in [0.15, 0.2) is 0 Å². The molecule has 4 heteroatoms. The van der Waals surface area contributed by atoms with Crippen LogP contribution in [0.1, 0.15) is 47.0 Å². The van der Waals surface area contributed by atoms with Gasteiger partial charge in [-0.05, 0) is 53.8 Å². The molecule has 5 rings (SSSR count). The lowest BCUT2D eigenvalue weighted by atomic mass is 9.93. The molecule has 1 aliphatic heterocycles. The first-order valence-electron chi connectivity index (χ1n) is 11.1. The summed E-state index contributed by atoms with van der Waals surface area (Å²) in [4.78, 5) is 4.96. The second kappa shape index (κ2) is 8.36. The number of allylic oxidation sites excluding steroid dienone is 1. The summed E-state index contributed by atoms with van der Waals surface area (Å²) in [6.45, 7) is 5.55. The van der Waals surface area contributed by atoms with Crippen LogP contribution in [0.2, 0.25) is 0 Å². The van der Waals surface area contributed by atoms with Gasteiger partial charge in [-0.25, -0.2) is 4.98 Å². The summed E-state index contributed by atoms with van der Waals surface area (Å²) in [5.74, 6) is 1.94. The maximum Gasteiger partial charge on any atom is 0.127 e. The molecule has 1 aliphatic rings. The van der Waals surface area contributed by atoms with Gasteiger partial charge in [0.1, 0.15) is 18.2 Å². The highest BCUT2D eigenvalue weighted by Crippen LogP contribution is 2.37. The van der Waals surface area contributed by atoms with Crippen molar-refractivity contribution in [1.29, 1.82) is 5.26 Å². The molecule has 0 radical (unpaired) electrons. The second-order valence-electron chi connectivity index (χ2n) is 8.27. The van der Waals surface area contributed by atoms with E-state index in [2.05, 4.69) is 60.9 Å². The van der Waals surface area contributed by atoms with Crippen molar-refractivity contribution < 1.29 is 4.74 Å². The number of aryl methyl sites for hydroxylation is 2. The fourth-order valence-corrected chi connectivity index (χ4v) is 4.57. The van der Waals surface area contributed by atoms with Crippen LogP contribution in [0.15, 0.2) is 66.7 Å². The highest BCUT2D eigenvalue weighted by molar-refractivity contribution is 5.86. The van der Waals surface area contributed by atoms with Crippen LogP contribution in [0.5, 0.6) is 5.75 Å². The van der Waals surface area contributed by atoms with Gasteiger partial charge in [0.25, 0.3) is 0 Å². The molecule has 3 aromatic carbocycles. The van der Waals surface area contributed by atoms with Crippen molar-refractivity contribution in [2.24, 2.45) is 0 Å². The van der Waals surface area contributed by atoms with Crippen LogP contribution in [-0.2, 0) is 19.6 Å². The van der Waals surface area contributed by atoms with Gasteiger partial charge < -0.3 is 9.30 Å². The average Bonchev–Trinajstić information content (AvgIpc) is 3.07. The van der Waals surface area contributed by atoms with E-state index in [0.717, 1.165) is 58.7 Å². The number of rotatable bonds is 4. The summed E-state index contributed by atoms with van der Waals surface area (Å²) < 4.78 is 8.46. The molecular weight excluding hydrogens is 394 g/mol. The van der Waals surface area contributed by atoms with E-state index in [9.17, 15) is 5.26 Å². The normalized spacial score (nSPS) is 13.8. The van der Waals surface area contributed by atoms with E-state index in [-0.39, 0.29) is 0 Å². The first-order valence-corrected chi connectivity index (χ1v) is 11.1. The Morgan fingerprint density at radius 3 is 2.81 bits per heavy atom. The lowest BCUT2D eigenvalue weighted by molar-refractivity contribution is 0.307.